The molecule has 1 saturated heterocycles. The fourth-order valence-corrected chi connectivity index (χ4v) is 3.79. The first-order valence-electron chi connectivity index (χ1n) is 6.95. The van der Waals surface area contributed by atoms with Crippen LogP contribution in [-0.4, -0.2) is 67.1 Å². The standard InChI is InChI=1S/C12H23N5O2S/c1-11(7-13)10-16-3-2-4-17(6-5-16)20(18,19)12-8-14-15-9-12/h8-9,11H,2-7,10,13H2,1H3,(H,14,15). The molecule has 8 heteroatoms. The summed E-state index contributed by atoms with van der Waals surface area (Å²) < 4.78 is 26.4. The summed E-state index contributed by atoms with van der Waals surface area (Å²) in [5.41, 5.74) is 5.65. The van der Waals surface area contributed by atoms with E-state index in [4.69, 9.17) is 5.73 Å². The molecule has 0 amide bonds. The van der Waals surface area contributed by atoms with Gasteiger partial charge in [0.2, 0.25) is 10.0 Å². The highest BCUT2D eigenvalue weighted by molar-refractivity contribution is 7.89. The van der Waals surface area contributed by atoms with Crippen molar-refractivity contribution in [1.82, 2.24) is 19.4 Å². The third kappa shape index (κ3) is 3.57. The normalized spacial score (nSPS) is 20.7. The van der Waals surface area contributed by atoms with Crippen LogP contribution in [0.25, 0.3) is 0 Å². The number of aromatic amines is 1. The Hall–Kier alpha value is -0.960. The molecule has 1 aromatic rings. The molecule has 114 valence electrons. The number of sulfonamides is 1. The Morgan fingerprint density at radius 1 is 1.40 bits per heavy atom. The summed E-state index contributed by atoms with van der Waals surface area (Å²) in [5.74, 6) is 0.437. The molecule has 7 nitrogen and oxygen atoms in total. The summed E-state index contributed by atoms with van der Waals surface area (Å²) >= 11 is 0. The molecule has 1 fully saturated rings. The molecule has 0 aliphatic carbocycles. The summed E-state index contributed by atoms with van der Waals surface area (Å²) in [6.45, 7) is 6.45. The van der Waals surface area contributed by atoms with Crippen LogP contribution < -0.4 is 5.73 Å². The summed E-state index contributed by atoms with van der Waals surface area (Å²) in [4.78, 5) is 2.53. The number of nitrogens with zero attached hydrogens (tertiary/aromatic N) is 3. The summed E-state index contributed by atoms with van der Waals surface area (Å²) in [6, 6.07) is 0. The van der Waals surface area contributed by atoms with Crippen LogP contribution in [0.2, 0.25) is 0 Å². The first kappa shape index (κ1) is 15.4. The first-order chi connectivity index (χ1) is 9.54. The van der Waals surface area contributed by atoms with Crippen molar-refractivity contribution in [2.75, 3.05) is 39.3 Å². The van der Waals surface area contributed by atoms with Crippen molar-refractivity contribution in [3.05, 3.63) is 12.4 Å². The number of hydrogen-bond donors (Lipinski definition) is 2. The zero-order valence-corrected chi connectivity index (χ0v) is 12.6. The highest BCUT2D eigenvalue weighted by Gasteiger charge is 2.27. The lowest BCUT2D eigenvalue weighted by Gasteiger charge is -2.23. The third-order valence-corrected chi connectivity index (χ3v) is 5.49. The Balaban J connectivity index is 1.99. The molecule has 0 spiro atoms. The summed E-state index contributed by atoms with van der Waals surface area (Å²) in [5, 5.41) is 6.27. The molecule has 1 aliphatic rings. The fraction of sp³-hybridized carbons (Fsp3) is 0.750. The van der Waals surface area contributed by atoms with E-state index in [2.05, 4.69) is 22.0 Å². The molecule has 1 unspecified atom stereocenters. The van der Waals surface area contributed by atoms with Crippen LogP contribution in [-0.2, 0) is 10.0 Å². The second-order valence-electron chi connectivity index (χ2n) is 5.33. The summed E-state index contributed by atoms with van der Waals surface area (Å²) in [6.07, 6.45) is 3.62. The average Bonchev–Trinajstić information content (AvgIpc) is 2.87. The molecule has 2 rings (SSSR count). The number of nitrogens with two attached hydrogens (primary N) is 1. The van der Waals surface area contributed by atoms with Gasteiger partial charge >= 0.3 is 0 Å². The lowest BCUT2D eigenvalue weighted by molar-refractivity contribution is 0.250. The molecular weight excluding hydrogens is 278 g/mol. The van der Waals surface area contributed by atoms with Crippen LogP contribution in [0.15, 0.2) is 17.3 Å². The lowest BCUT2D eigenvalue weighted by atomic mass is 10.1. The fourth-order valence-electron chi connectivity index (χ4n) is 2.41. The highest BCUT2D eigenvalue weighted by atomic mass is 32.2. The summed E-state index contributed by atoms with van der Waals surface area (Å²) in [7, 11) is -3.41. The van der Waals surface area contributed by atoms with Crippen LogP contribution in [0, 0.1) is 5.92 Å². The van der Waals surface area contributed by atoms with Crippen LogP contribution in [0.3, 0.4) is 0 Å². The zero-order valence-electron chi connectivity index (χ0n) is 11.8. The number of hydrogen-bond acceptors (Lipinski definition) is 5. The van der Waals surface area contributed by atoms with Crippen LogP contribution in [0.5, 0.6) is 0 Å². The largest absolute Gasteiger partial charge is 0.330 e. The van der Waals surface area contributed by atoms with E-state index in [0.717, 1.165) is 26.1 Å². The molecule has 2 heterocycles. The van der Waals surface area contributed by atoms with Gasteiger partial charge in [-0.25, -0.2) is 8.42 Å². The van der Waals surface area contributed by atoms with Gasteiger partial charge in [-0.05, 0) is 25.4 Å². The van der Waals surface area contributed by atoms with Gasteiger partial charge in [-0.15, -0.1) is 0 Å². The second kappa shape index (κ2) is 6.66. The van der Waals surface area contributed by atoms with E-state index in [1.807, 2.05) is 0 Å². The van der Waals surface area contributed by atoms with Gasteiger partial charge in [0.15, 0.2) is 0 Å². The number of rotatable bonds is 5. The molecule has 3 N–H and O–H groups in total. The topological polar surface area (TPSA) is 95.3 Å². The van der Waals surface area contributed by atoms with Gasteiger partial charge in [0.05, 0.1) is 6.20 Å². The van der Waals surface area contributed by atoms with Crippen molar-refractivity contribution < 1.29 is 8.42 Å². The van der Waals surface area contributed by atoms with Crippen LogP contribution in [0.4, 0.5) is 0 Å². The molecule has 1 aliphatic heterocycles. The quantitative estimate of drug-likeness (QED) is 0.778. The number of nitrogens with one attached hydrogen (secondary N) is 1. The smallest absolute Gasteiger partial charge is 0.246 e. The Bertz CT molecular complexity index is 502. The predicted molar refractivity (Wildman–Crippen MR) is 76.6 cm³/mol. The van der Waals surface area contributed by atoms with E-state index in [9.17, 15) is 8.42 Å². The number of H-pyrrole nitrogens is 1. The second-order valence-corrected chi connectivity index (χ2v) is 7.27. The van der Waals surface area contributed by atoms with Crippen molar-refractivity contribution in [2.45, 2.75) is 18.2 Å². The van der Waals surface area contributed by atoms with E-state index < -0.39 is 10.0 Å². The first-order valence-corrected chi connectivity index (χ1v) is 8.39. The molecule has 1 atom stereocenters. The van der Waals surface area contributed by atoms with Gasteiger partial charge in [-0.1, -0.05) is 6.92 Å². The van der Waals surface area contributed by atoms with E-state index >= 15 is 0 Å². The van der Waals surface area contributed by atoms with Crippen molar-refractivity contribution in [1.29, 1.82) is 0 Å². The SMILES string of the molecule is CC(CN)CN1CCCN(S(=O)(=O)c2cn[nH]c2)CC1. The molecular formula is C12H23N5O2S. The minimum Gasteiger partial charge on any atom is -0.330 e. The molecule has 0 saturated carbocycles. The van der Waals surface area contributed by atoms with Gasteiger partial charge < -0.3 is 10.6 Å². The van der Waals surface area contributed by atoms with Crippen molar-refractivity contribution >= 4 is 10.0 Å². The maximum Gasteiger partial charge on any atom is 0.246 e. The number of aromatic nitrogens is 2. The maximum absolute atomic E-state index is 12.4. The minimum absolute atomic E-state index is 0.237. The average molecular weight is 301 g/mol. The highest BCUT2D eigenvalue weighted by Crippen LogP contribution is 2.16. The van der Waals surface area contributed by atoms with E-state index in [1.165, 1.54) is 12.4 Å². The van der Waals surface area contributed by atoms with Crippen molar-refractivity contribution in [3.8, 4) is 0 Å². The van der Waals surface area contributed by atoms with Crippen molar-refractivity contribution in [2.24, 2.45) is 11.7 Å². The van der Waals surface area contributed by atoms with E-state index in [1.54, 1.807) is 4.31 Å². The molecule has 20 heavy (non-hydrogen) atoms. The van der Waals surface area contributed by atoms with E-state index in [0.29, 0.717) is 25.6 Å². The van der Waals surface area contributed by atoms with E-state index in [-0.39, 0.29) is 4.90 Å². The third-order valence-electron chi connectivity index (χ3n) is 3.63. The minimum atomic E-state index is -3.41. The van der Waals surface area contributed by atoms with Gasteiger partial charge in [-0.2, -0.15) is 9.40 Å². The van der Waals surface area contributed by atoms with Gasteiger partial charge in [0.1, 0.15) is 4.90 Å². The van der Waals surface area contributed by atoms with Crippen LogP contribution >= 0.6 is 0 Å². The monoisotopic (exact) mass is 301 g/mol. The predicted octanol–water partition coefficient (Wildman–Crippen LogP) is -0.299. The van der Waals surface area contributed by atoms with Crippen LogP contribution in [0.1, 0.15) is 13.3 Å². The zero-order chi connectivity index (χ0) is 14.6. The Labute approximate surface area is 120 Å². The maximum atomic E-state index is 12.4. The molecule has 0 bridgehead atoms. The van der Waals surface area contributed by atoms with Gasteiger partial charge in [0, 0.05) is 32.4 Å². The van der Waals surface area contributed by atoms with Crippen molar-refractivity contribution in [3.63, 3.8) is 0 Å². The molecule has 1 aromatic heterocycles. The Morgan fingerprint density at radius 3 is 2.85 bits per heavy atom. The molecule has 0 aromatic carbocycles. The lowest BCUT2D eigenvalue weighted by Crippen LogP contribution is -2.37. The Kier molecular flexibility index (Phi) is 5.14. The Morgan fingerprint density at radius 2 is 2.20 bits per heavy atom. The van der Waals surface area contributed by atoms with Gasteiger partial charge in [-0.3, -0.25) is 5.10 Å². The molecule has 0 radical (unpaired) electrons. The van der Waals surface area contributed by atoms with Gasteiger partial charge in [0.25, 0.3) is 0 Å².